The van der Waals surface area contributed by atoms with Gasteiger partial charge in [0.15, 0.2) is 11.5 Å². The van der Waals surface area contributed by atoms with Gasteiger partial charge in [0.2, 0.25) is 0 Å². The fraction of sp³-hybridized carbons (Fsp3) is 0.321. The molecule has 2 saturated heterocycles. The van der Waals surface area contributed by atoms with Crippen molar-refractivity contribution in [2.24, 2.45) is 0 Å². The number of fused-ring (bicyclic) bond motifs is 3. The van der Waals surface area contributed by atoms with E-state index in [0.29, 0.717) is 35.8 Å². The monoisotopic (exact) mass is 524 g/mol. The Morgan fingerprint density at radius 1 is 1.03 bits per heavy atom. The van der Waals surface area contributed by atoms with Crippen molar-refractivity contribution in [3.8, 4) is 17.5 Å². The number of nitriles is 1. The lowest BCUT2D eigenvalue weighted by atomic mass is 10.2. The van der Waals surface area contributed by atoms with Crippen LogP contribution in [0.4, 0.5) is 22.0 Å². The second-order valence-electron chi connectivity index (χ2n) is 9.76. The first-order valence-corrected chi connectivity index (χ1v) is 13.0. The molecule has 0 spiro atoms. The molecular weight excluding hydrogens is 496 g/mol. The van der Waals surface area contributed by atoms with E-state index >= 15 is 0 Å². The summed E-state index contributed by atoms with van der Waals surface area (Å²) in [6.07, 6.45) is 4.64. The molecule has 6 rings (SSSR count). The lowest BCUT2D eigenvalue weighted by Gasteiger charge is -2.33. The van der Waals surface area contributed by atoms with E-state index in [9.17, 15) is 9.90 Å². The molecule has 4 aromatic rings. The molecule has 4 heterocycles. The second-order valence-corrected chi connectivity index (χ2v) is 9.76. The number of nitrogens with one attached hydrogen (secondary N) is 2. The summed E-state index contributed by atoms with van der Waals surface area (Å²) in [5, 5.41) is 29.2. The number of ether oxygens (including phenoxy) is 1. The fourth-order valence-electron chi connectivity index (χ4n) is 5.11. The number of hydrogen-bond acceptors (Lipinski definition) is 8. The molecule has 3 N–H and O–H groups in total. The molecular formula is C28H28N8O3. The van der Waals surface area contributed by atoms with Crippen LogP contribution >= 0.6 is 0 Å². The fourth-order valence-corrected chi connectivity index (χ4v) is 5.11. The van der Waals surface area contributed by atoms with Crippen molar-refractivity contribution in [2.45, 2.75) is 44.6 Å². The molecule has 11 nitrogen and oxygen atoms in total. The summed E-state index contributed by atoms with van der Waals surface area (Å²) in [6.45, 7) is 1.94. The molecule has 2 fully saturated rings. The molecule has 0 saturated carbocycles. The topological polar surface area (TPSA) is 141 Å². The number of aromatic nitrogens is 4. The third kappa shape index (κ3) is 5.25. The summed E-state index contributed by atoms with van der Waals surface area (Å²) in [7, 11) is 0. The maximum absolute atomic E-state index is 12.5. The van der Waals surface area contributed by atoms with Crippen LogP contribution in [0.15, 0.2) is 54.7 Å². The number of carbonyl (C=O) groups excluding carboxylic acids is 1. The molecule has 2 unspecified atom stereocenters. The Morgan fingerprint density at radius 3 is 2.33 bits per heavy atom. The van der Waals surface area contributed by atoms with Crippen LogP contribution in [0, 0.1) is 11.3 Å². The van der Waals surface area contributed by atoms with Crippen molar-refractivity contribution in [1.29, 1.82) is 5.26 Å². The Labute approximate surface area is 225 Å². The quantitative estimate of drug-likeness (QED) is 0.330. The van der Waals surface area contributed by atoms with E-state index in [1.165, 1.54) is 0 Å². The van der Waals surface area contributed by atoms with E-state index in [1.54, 1.807) is 47.3 Å². The first kappa shape index (κ1) is 24.8. The molecule has 2 atom stereocenters. The largest absolute Gasteiger partial charge is 0.392 e. The summed E-state index contributed by atoms with van der Waals surface area (Å²) in [6, 6.07) is 16.1. The lowest BCUT2D eigenvalue weighted by Crippen LogP contribution is -2.43. The van der Waals surface area contributed by atoms with Gasteiger partial charge in [0.1, 0.15) is 5.82 Å². The number of nitrogens with zero attached hydrogens (tertiary/aromatic N) is 6. The summed E-state index contributed by atoms with van der Waals surface area (Å²) < 4.78 is 7.79. The highest BCUT2D eigenvalue weighted by atomic mass is 16.5. The Kier molecular flexibility index (Phi) is 6.79. The molecule has 0 aliphatic carbocycles. The number of carbonyl (C=O) groups is 1. The first-order chi connectivity index (χ1) is 19.1. The van der Waals surface area contributed by atoms with Gasteiger partial charge < -0.3 is 25.4 Å². The number of urea groups is 1. The highest BCUT2D eigenvalue weighted by Gasteiger charge is 2.35. The van der Waals surface area contributed by atoms with Crippen LogP contribution in [0.5, 0.6) is 0 Å². The van der Waals surface area contributed by atoms with E-state index < -0.39 is 0 Å². The van der Waals surface area contributed by atoms with Crippen LogP contribution in [-0.2, 0) is 17.9 Å². The van der Waals surface area contributed by atoms with Crippen molar-refractivity contribution in [1.82, 2.24) is 19.7 Å². The molecule has 2 amide bonds. The molecule has 39 heavy (non-hydrogen) atoms. The zero-order valence-corrected chi connectivity index (χ0v) is 21.2. The minimum atomic E-state index is -0.372. The van der Waals surface area contributed by atoms with Crippen LogP contribution in [0.3, 0.4) is 0 Å². The number of aliphatic hydroxyl groups excluding tert-OH is 1. The van der Waals surface area contributed by atoms with Gasteiger partial charge in [-0.1, -0.05) is 12.1 Å². The number of benzene rings is 2. The average molecular weight is 525 g/mol. The lowest BCUT2D eigenvalue weighted by molar-refractivity contribution is 0.0303. The summed E-state index contributed by atoms with van der Waals surface area (Å²) in [5.74, 6) is 1.38. The predicted molar refractivity (Wildman–Crippen MR) is 146 cm³/mol. The second kappa shape index (κ2) is 10.7. The van der Waals surface area contributed by atoms with Crippen LogP contribution in [0.25, 0.3) is 22.4 Å². The van der Waals surface area contributed by atoms with E-state index in [1.807, 2.05) is 12.1 Å². The maximum atomic E-state index is 12.5. The highest BCUT2D eigenvalue weighted by molar-refractivity contribution is 5.99. The zero-order chi connectivity index (χ0) is 26.8. The predicted octanol–water partition coefficient (Wildman–Crippen LogP) is 3.91. The third-order valence-electron chi connectivity index (χ3n) is 7.05. The SMILES string of the molecule is N#CCCn1ncc2c(N3CC4CCC(C3)O4)nc(-c3ccc(NC(=O)Nc4ccc(CO)cc4)cc3)nc21. The van der Waals surface area contributed by atoms with Gasteiger partial charge in [-0.15, -0.1) is 0 Å². The summed E-state index contributed by atoms with van der Waals surface area (Å²) in [4.78, 5) is 24.5. The van der Waals surface area contributed by atoms with Gasteiger partial charge in [0, 0.05) is 30.0 Å². The van der Waals surface area contributed by atoms with Gasteiger partial charge in [-0.25, -0.2) is 19.4 Å². The summed E-state index contributed by atoms with van der Waals surface area (Å²) in [5.41, 5.74) is 3.51. The van der Waals surface area contributed by atoms with Crippen LogP contribution < -0.4 is 15.5 Å². The highest BCUT2D eigenvalue weighted by Crippen LogP contribution is 2.33. The summed E-state index contributed by atoms with van der Waals surface area (Å²) >= 11 is 0. The minimum Gasteiger partial charge on any atom is -0.392 e. The standard InChI is InChI=1S/C28H28N8O3/c29-12-1-13-36-27-24(14-30-36)26(35-15-22-10-11-23(16-35)39-22)33-25(34-27)19-4-8-21(9-5-19)32-28(38)31-20-6-2-18(17-37)3-7-20/h2-9,14,22-23,37H,1,10-11,13,15-17H2,(H2,31,32,38). The Hall–Kier alpha value is -4.53. The van der Waals surface area contributed by atoms with Gasteiger partial charge in [0.05, 0.1) is 49.4 Å². The Balaban J connectivity index is 1.25. The van der Waals surface area contributed by atoms with Crippen molar-refractivity contribution >= 4 is 34.3 Å². The van der Waals surface area contributed by atoms with Gasteiger partial charge in [-0.2, -0.15) is 10.4 Å². The van der Waals surface area contributed by atoms with Gasteiger partial charge in [-0.05, 0) is 54.8 Å². The van der Waals surface area contributed by atoms with Gasteiger partial charge in [0.25, 0.3) is 0 Å². The zero-order valence-electron chi connectivity index (χ0n) is 21.2. The van der Waals surface area contributed by atoms with Crippen LogP contribution in [0.2, 0.25) is 0 Å². The number of aryl methyl sites for hydroxylation is 1. The Morgan fingerprint density at radius 2 is 1.69 bits per heavy atom. The molecule has 198 valence electrons. The molecule has 2 aromatic carbocycles. The van der Waals surface area contributed by atoms with Crippen molar-refractivity contribution in [3.63, 3.8) is 0 Å². The molecule has 0 radical (unpaired) electrons. The third-order valence-corrected chi connectivity index (χ3v) is 7.05. The first-order valence-electron chi connectivity index (χ1n) is 13.0. The minimum absolute atomic E-state index is 0.0489. The van der Waals surface area contributed by atoms with Gasteiger partial charge >= 0.3 is 6.03 Å². The van der Waals surface area contributed by atoms with Crippen molar-refractivity contribution < 1.29 is 14.6 Å². The number of rotatable bonds is 7. The molecule has 2 aromatic heterocycles. The van der Waals surface area contributed by atoms with E-state index in [-0.39, 0.29) is 24.8 Å². The smallest absolute Gasteiger partial charge is 0.323 e. The van der Waals surface area contributed by atoms with E-state index in [4.69, 9.17) is 20.0 Å². The number of morpholine rings is 1. The van der Waals surface area contributed by atoms with Crippen LogP contribution in [-0.4, -0.2) is 56.2 Å². The van der Waals surface area contributed by atoms with Gasteiger partial charge in [-0.3, -0.25) is 0 Å². The van der Waals surface area contributed by atoms with Crippen molar-refractivity contribution in [3.05, 3.63) is 60.3 Å². The maximum Gasteiger partial charge on any atom is 0.323 e. The van der Waals surface area contributed by atoms with Crippen LogP contribution in [0.1, 0.15) is 24.8 Å². The molecule has 2 bridgehead atoms. The number of anilines is 3. The molecule has 2 aliphatic rings. The number of aliphatic hydroxyl groups is 1. The Bertz CT molecular complexity index is 1520. The molecule has 2 aliphatic heterocycles. The average Bonchev–Trinajstić information content (AvgIpc) is 3.53. The number of hydrogen-bond donors (Lipinski definition) is 3. The van der Waals surface area contributed by atoms with Crippen molar-refractivity contribution in [2.75, 3.05) is 28.6 Å². The van der Waals surface area contributed by atoms with E-state index in [2.05, 4.69) is 26.7 Å². The van der Waals surface area contributed by atoms with E-state index in [0.717, 1.165) is 48.3 Å². The normalized spacial score (nSPS) is 18.2. The number of amides is 2. The molecule has 11 heteroatoms.